The van der Waals surface area contributed by atoms with E-state index in [-0.39, 0.29) is 11.9 Å². The van der Waals surface area contributed by atoms with E-state index in [4.69, 9.17) is 10.7 Å². The zero-order valence-corrected chi connectivity index (χ0v) is 17.6. The molecule has 0 radical (unpaired) electrons. The van der Waals surface area contributed by atoms with Crippen LogP contribution in [0, 0.1) is 0 Å². The predicted molar refractivity (Wildman–Crippen MR) is 123 cm³/mol. The molecule has 0 saturated carbocycles. The van der Waals surface area contributed by atoms with Crippen LogP contribution in [-0.4, -0.2) is 34.6 Å². The molecule has 6 nitrogen and oxygen atoms in total. The summed E-state index contributed by atoms with van der Waals surface area (Å²) in [6.07, 6.45) is 4.33. The Bertz CT molecular complexity index is 1070. The monoisotopic (exact) mass is 403 g/mol. The Morgan fingerprint density at radius 3 is 2.77 bits per heavy atom. The van der Waals surface area contributed by atoms with E-state index in [1.165, 1.54) is 5.57 Å². The van der Waals surface area contributed by atoms with Crippen molar-refractivity contribution in [2.45, 2.75) is 39.3 Å². The second-order valence-electron chi connectivity index (χ2n) is 8.18. The molecule has 3 N–H and O–H groups in total. The lowest BCUT2D eigenvalue weighted by Gasteiger charge is -2.31. The molecule has 1 unspecified atom stereocenters. The molecule has 6 heteroatoms. The highest BCUT2D eigenvalue weighted by Gasteiger charge is 2.22. The Kier molecular flexibility index (Phi) is 5.86. The SMILES string of the molecule is CC(C)=CCn1c(N2CCCC(N)C2)nc2ccc(NC(=O)c3ccccc3)cc21. The van der Waals surface area contributed by atoms with E-state index in [0.29, 0.717) is 5.56 Å². The summed E-state index contributed by atoms with van der Waals surface area (Å²) in [5, 5.41) is 3.01. The van der Waals surface area contributed by atoms with Gasteiger partial charge in [-0.25, -0.2) is 4.98 Å². The molecular weight excluding hydrogens is 374 g/mol. The van der Waals surface area contributed by atoms with Gasteiger partial charge in [-0.05, 0) is 57.0 Å². The van der Waals surface area contributed by atoms with Crippen LogP contribution in [0.5, 0.6) is 0 Å². The lowest BCUT2D eigenvalue weighted by molar-refractivity contribution is 0.102. The number of rotatable bonds is 5. The summed E-state index contributed by atoms with van der Waals surface area (Å²) in [5.41, 5.74) is 10.8. The number of anilines is 2. The molecule has 4 rings (SSSR count). The molecule has 2 heterocycles. The highest BCUT2D eigenvalue weighted by atomic mass is 16.1. The highest BCUT2D eigenvalue weighted by Crippen LogP contribution is 2.28. The van der Waals surface area contributed by atoms with Crippen molar-refractivity contribution < 1.29 is 4.79 Å². The molecule has 0 bridgehead atoms. The highest BCUT2D eigenvalue weighted by molar-refractivity contribution is 6.05. The van der Waals surface area contributed by atoms with Gasteiger partial charge in [-0.2, -0.15) is 0 Å². The van der Waals surface area contributed by atoms with E-state index >= 15 is 0 Å². The van der Waals surface area contributed by atoms with Gasteiger partial charge in [0.1, 0.15) is 0 Å². The van der Waals surface area contributed by atoms with E-state index in [2.05, 4.69) is 34.7 Å². The van der Waals surface area contributed by atoms with E-state index in [0.717, 1.165) is 55.1 Å². The number of nitrogens with two attached hydrogens (primary N) is 1. The molecule has 1 atom stereocenters. The lowest BCUT2D eigenvalue weighted by atomic mass is 10.1. The molecule has 1 saturated heterocycles. The van der Waals surface area contributed by atoms with Crippen molar-refractivity contribution in [2.24, 2.45) is 5.73 Å². The molecule has 2 aromatic carbocycles. The van der Waals surface area contributed by atoms with E-state index in [1.807, 2.05) is 48.5 Å². The number of amides is 1. The topological polar surface area (TPSA) is 76.2 Å². The molecule has 156 valence electrons. The molecule has 1 amide bonds. The first-order valence-electron chi connectivity index (χ1n) is 10.5. The lowest BCUT2D eigenvalue weighted by Crippen LogP contribution is -2.43. The van der Waals surface area contributed by atoms with Crippen molar-refractivity contribution in [3.05, 3.63) is 65.7 Å². The Labute approximate surface area is 177 Å². The van der Waals surface area contributed by atoms with Gasteiger partial charge < -0.3 is 20.5 Å². The van der Waals surface area contributed by atoms with Crippen molar-refractivity contribution in [3.8, 4) is 0 Å². The van der Waals surface area contributed by atoms with Crippen LogP contribution in [0.2, 0.25) is 0 Å². The van der Waals surface area contributed by atoms with Crippen LogP contribution in [0.25, 0.3) is 11.0 Å². The van der Waals surface area contributed by atoms with Crippen LogP contribution in [0.3, 0.4) is 0 Å². The number of carbonyl (C=O) groups excluding carboxylic acids is 1. The standard InChI is InChI=1S/C24H29N5O/c1-17(2)12-14-29-22-15-20(26-23(30)18-7-4-3-5-8-18)10-11-21(22)27-24(29)28-13-6-9-19(25)16-28/h3-5,7-8,10-12,15,19H,6,9,13-14,16,25H2,1-2H3,(H,26,30). The number of allylic oxidation sites excluding steroid dienone is 2. The van der Waals surface area contributed by atoms with Gasteiger partial charge in [-0.1, -0.05) is 29.8 Å². The van der Waals surface area contributed by atoms with Gasteiger partial charge >= 0.3 is 0 Å². The first-order chi connectivity index (χ1) is 14.5. The molecule has 0 aliphatic carbocycles. The molecule has 1 aliphatic rings. The molecule has 0 spiro atoms. The normalized spacial score (nSPS) is 16.5. The summed E-state index contributed by atoms with van der Waals surface area (Å²) in [5.74, 6) is 0.830. The predicted octanol–water partition coefficient (Wildman–Crippen LogP) is 4.18. The van der Waals surface area contributed by atoms with Gasteiger partial charge in [-0.15, -0.1) is 0 Å². The number of nitrogens with one attached hydrogen (secondary N) is 1. The number of hydrogen-bond donors (Lipinski definition) is 2. The van der Waals surface area contributed by atoms with Gasteiger partial charge in [0.25, 0.3) is 5.91 Å². The molecule has 3 aromatic rings. The summed E-state index contributed by atoms with van der Waals surface area (Å²) in [4.78, 5) is 19.8. The summed E-state index contributed by atoms with van der Waals surface area (Å²) in [6, 6.07) is 15.3. The van der Waals surface area contributed by atoms with E-state index in [9.17, 15) is 4.79 Å². The van der Waals surface area contributed by atoms with Crippen LogP contribution in [0.1, 0.15) is 37.0 Å². The van der Waals surface area contributed by atoms with Gasteiger partial charge in [-0.3, -0.25) is 4.79 Å². The summed E-state index contributed by atoms with van der Waals surface area (Å²) in [7, 11) is 0. The van der Waals surface area contributed by atoms with Crippen molar-refractivity contribution in [1.29, 1.82) is 0 Å². The fourth-order valence-electron chi connectivity index (χ4n) is 3.87. The van der Waals surface area contributed by atoms with Gasteiger partial charge in [0.2, 0.25) is 5.95 Å². The third-order valence-corrected chi connectivity index (χ3v) is 5.44. The Hall–Kier alpha value is -3.12. The second kappa shape index (κ2) is 8.71. The minimum atomic E-state index is -0.118. The van der Waals surface area contributed by atoms with Crippen molar-refractivity contribution in [1.82, 2.24) is 9.55 Å². The third kappa shape index (κ3) is 4.39. The van der Waals surface area contributed by atoms with E-state index in [1.54, 1.807) is 0 Å². The zero-order chi connectivity index (χ0) is 21.1. The minimum absolute atomic E-state index is 0.118. The Balaban J connectivity index is 1.69. The molecule has 1 aliphatic heterocycles. The quantitative estimate of drug-likeness (QED) is 0.627. The number of imidazole rings is 1. The van der Waals surface area contributed by atoms with Crippen molar-refractivity contribution in [3.63, 3.8) is 0 Å². The number of carbonyl (C=O) groups is 1. The Morgan fingerprint density at radius 2 is 2.03 bits per heavy atom. The molecule has 1 aromatic heterocycles. The largest absolute Gasteiger partial charge is 0.341 e. The van der Waals surface area contributed by atoms with E-state index < -0.39 is 0 Å². The Morgan fingerprint density at radius 1 is 1.23 bits per heavy atom. The van der Waals surface area contributed by atoms with Crippen molar-refractivity contribution >= 4 is 28.6 Å². The number of benzene rings is 2. The van der Waals surface area contributed by atoms with Crippen LogP contribution in [0.15, 0.2) is 60.2 Å². The fourth-order valence-corrected chi connectivity index (χ4v) is 3.87. The number of fused-ring (bicyclic) bond motifs is 1. The summed E-state index contributed by atoms with van der Waals surface area (Å²) >= 11 is 0. The maximum atomic E-state index is 12.6. The number of hydrogen-bond acceptors (Lipinski definition) is 4. The van der Waals surface area contributed by atoms with Gasteiger partial charge in [0.15, 0.2) is 0 Å². The summed E-state index contributed by atoms with van der Waals surface area (Å²) < 4.78 is 2.22. The summed E-state index contributed by atoms with van der Waals surface area (Å²) in [6.45, 7) is 6.71. The average molecular weight is 404 g/mol. The van der Waals surface area contributed by atoms with Gasteiger partial charge in [0, 0.05) is 36.9 Å². The number of piperidine rings is 1. The molecular formula is C24H29N5O. The molecule has 1 fully saturated rings. The smallest absolute Gasteiger partial charge is 0.255 e. The third-order valence-electron chi connectivity index (χ3n) is 5.44. The number of nitrogens with zero attached hydrogens (tertiary/aromatic N) is 3. The minimum Gasteiger partial charge on any atom is -0.341 e. The number of aromatic nitrogens is 2. The van der Waals surface area contributed by atoms with Gasteiger partial charge in [0.05, 0.1) is 11.0 Å². The fraction of sp³-hybridized carbons (Fsp3) is 0.333. The van der Waals surface area contributed by atoms with Crippen molar-refractivity contribution in [2.75, 3.05) is 23.3 Å². The first kappa shape index (κ1) is 20.2. The first-order valence-corrected chi connectivity index (χ1v) is 10.5. The maximum absolute atomic E-state index is 12.6. The van der Waals surface area contributed by atoms with Crippen LogP contribution < -0.4 is 16.0 Å². The zero-order valence-electron chi connectivity index (χ0n) is 17.6. The second-order valence-corrected chi connectivity index (χ2v) is 8.18. The average Bonchev–Trinajstić information content (AvgIpc) is 3.10. The molecule has 30 heavy (non-hydrogen) atoms. The van der Waals surface area contributed by atoms with Crippen LogP contribution in [0.4, 0.5) is 11.6 Å². The maximum Gasteiger partial charge on any atom is 0.255 e. The van der Waals surface area contributed by atoms with Crippen LogP contribution >= 0.6 is 0 Å². The van der Waals surface area contributed by atoms with Crippen LogP contribution in [-0.2, 0) is 6.54 Å².